The summed E-state index contributed by atoms with van der Waals surface area (Å²) in [5.41, 5.74) is 1.21. The molecular weight excluding hydrogens is 232 g/mol. The lowest BCUT2D eigenvalue weighted by Gasteiger charge is -2.28. The van der Waals surface area contributed by atoms with E-state index in [0.29, 0.717) is 0 Å². The molecule has 0 amide bonds. The molecule has 0 spiro atoms. The summed E-state index contributed by atoms with van der Waals surface area (Å²) >= 11 is 3.36. The van der Waals surface area contributed by atoms with Crippen LogP contribution in [0.5, 0.6) is 0 Å². The molecule has 3 nitrogen and oxygen atoms in total. The number of aromatic nitrogens is 1. The highest BCUT2D eigenvalue weighted by atomic mass is 79.9. The van der Waals surface area contributed by atoms with Crippen molar-refractivity contribution >= 4 is 21.6 Å². The summed E-state index contributed by atoms with van der Waals surface area (Å²) in [6.07, 6.45) is 1.81. The van der Waals surface area contributed by atoms with Crippen molar-refractivity contribution < 1.29 is 4.74 Å². The van der Waals surface area contributed by atoms with Gasteiger partial charge in [0.05, 0.1) is 13.2 Å². The Labute approximate surface area is 85.8 Å². The van der Waals surface area contributed by atoms with Crippen LogP contribution in [0.25, 0.3) is 0 Å². The van der Waals surface area contributed by atoms with Crippen molar-refractivity contribution in [2.24, 2.45) is 0 Å². The SMILES string of the molecule is Brc1cc(N2CCOCC2)ccn1. The number of pyridine rings is 1. The van der Waals surface area contributed by atoms with Crippen LogP contribution in [0.4, 0.5) is 5.69 Å². The van der Waals surface area contributed by atoms with Crippen molar-refractivity contribution in [1.82, 2.24) is 4.98 Å². The van der Waals surface area contributed by atoms with Crippen LogP contribution in [0.3, 0.4) is 0 Å². The second-order valence-electron chi connectivity index (χ2n) is 2.94. The smallest absolute Gasteiger partial charge is 0.108 e. The summed E-state index contributed by atoms with van der Waals surface area (Å²) in [6, 6.07) is 4.06. The van der Waals surface area contributed by atoms with Crippen molar-refractivity contribution in [3.05, 3.63) is 22.9 Å². The number of halogens is 1. The first-order chi connectivity index (χ1) is 6.36. The quantitative estimate of drug-likeness (QED) is 0.701. The van der Waals surface area contributed by atoms with E-state index < -0.39 is 0 Å². The lowest BCUT2D eigenvalue weighted by Crippen LogP contribution is -2.36. The highest BCUT2D eigenvalue weighted by Crippen LogP contribution is 2.18. The van der Waals surface area contributed by atoms with E-state index in [-0.39, 0.29) is 0 Å². The van der Waals surface area contributed by atoms with Crippen LogP contribution in [0.2, 0.25) is 0 Å². The average Bonchev–Trinajstić information content (AvgIpc) is 2.19. The minimum Gasteiger partial charge on any atom is -0.378 e. The van der Waals surface area contributed by atoms with Gasteiger partial charge in [0.2, 0.25) is 0 Å². The molecular formula is C9H11BrN2O. The van der Waals surface area contributed by atoms with Gasteiger partial charge >= 0.3 is 0 Å². The van der Waals surface area contributed by atoms with Gasteiger partial charge in [-0.3, -0.25) is 0 Å². The predicted octanol–water partition coefficient (Wildman–Crippen LogP) is 1.68. The normalized spacial score (nSPS) is 17.5. The fourth-order valence-electron chi connectivity index (χ4n) is 1.41. The summed E-state index contributed by atoms with van der Waals surface area (Å²) in [4.78, 5) is 6.39. The Kier molecular flexibility index (Phi) is 2.80. The van der Waals surface area contributed by atoms with Crippen molar-refractivity contribution in [2.75, 3.05) is 31.2 Å². The zero-order valence-electron chi connectivity index (χ0n) is 7.24. The third-order valence-corrected chi connectivity index (χ3v) is 2.52. The van der Waals surface area contributed by atoms with Crippen LogP contribution < -0.4 is 4.90 Å². The number of ether oxygens (including phenoxy) is 1. The number of anilines is 1. The Bertz CT molecular complexity index is 287. The summed E-state index contributed by atoms with van der Waals surface area (Å²) in [5, 5.41) is 0. The Morgan fingerprint density at radius 2 is 2.15 bits per heavy atom. The molecule has 0 aliphatic carbocycles. The largest absolute Gasteiger partial charge is 0.378 e. The summed E-state index contributed by atoms with van der Waals surface area (Å²) in [6.45, 7) is 3.58. The maximum absolute atomic E-state index is 5.28. The highest BCUT2D eigenvalue weighted by molar-refractivity contribution is 9.10. The fraction of sp³-hybridized carbons (Fsp3) is 0.444. The van der Waals surface area contributed by atoms with Gasteiger partial charge in [-0.05, 0) is 28.1 Å². The Morgan fingerprint density at radius 3 is 2.85 bits per heavy atom. The summed E-state index contributed by atoms with van der Waals surface area (Å²) in [7, 11) is 0. The van der Waals surface area contributed by atoms with Gasteiger partial charge in [0.15, 0.2) is 0 Å². The van der Waals surface area contributed by atoms with Gasteiger partial charge in [0.1, 0.15) is 4.60 Å². The van der Waals surface area contributed by atoms with Crippen LogP contribution in [0.1, 0.15) is 0 Å². The molecule has 1 aliphatic heterocycles. The Balaban J connectivity index is 2.14. The Hall–Kier alpha value is -0.610. The van der Waals surface area contributed by atoms with Gasteiger partial charge in [0, 0.05) is 25.0 Å². The predicted molar refractivity (Wildman–Crippen MR) is 55.0 cm³/mol. The maximum Gasteiger partial charge on any atom is 0.108 e. The number of hydrogen-bond acceptors (Lipinski definition) is 3. The topological polar surface area (TPSA) is 25.4 Å². The number of morpholine rings is 1. The standard InChI is InChI=1S/C9H11BrN2O/c10-9-7-8(1-2-11-9)12-3-5-13-6-4-12/h1-2,7H,3-6H2. The van der Waals surface area contributed by atoms with Gasteiger partial charge in [-0.25, -0.2) is 4.98 Å². The van der Waals surface area contributed by atoms with Gasteiger partial charge in [0.25, 0.3) is 0 Å². The lowest BCUT2D eigenvalue weighted by atomic mass is 10.3. The fourth-order valence-corrected chi connectivity index (χ4v) is 1.76. The molecule has 1 aromatic heterocycles. The molecule has 0 unspecified atom stereocenters. The van der Waals surface area contributed by atoms with Crippen molar-refractivity contribution in [2.45, 2.75) is 0 Å². The van der Waals surface area contributed by atoms with Crippen molar-refractivity contribution in [3.8, 4) is 0 Å². The van der Waals surface area contributed by atoms with Crippen LogP contribution >= 0.6 is 15.9 Å². The molecule has 1 saturated heterocycles. The molecule has 0 aromatic carbocycles. The molecule has 0 radical (unpaired) electrons. The van der Waals surface area contributed by atoms with Gasteiger partial charge in [-0.2, -0.15) is 0 Å². The van der Waals surface area contributed by atoms with E-state index in [4.69, 9.17) is 4.74 Å². The minimum absolute atomic E-state index is 0.819. The van der Waals surface area contributed by atoms with Crippen LogP contribution in [0, 0.1) is 0 Å². The molecule has 13 heavy (non-hydrogen) atoms. The monoisotopic (exact) mass is 242 g/mol. The second-order valence-corrected chi connectivity index (χ2v) is 3.75. The third kappa shape index (κ3) is 2.19. The van der Waals surface area contributed by atoms with Gasteiger partial charge in [-0.15, -0.1) is 0 Å². The zero-order valence-corrected chi connectivity index (χ0v) is 8.83. The molecule has 2 heterocycles. The first kappa shape index (κ1) is 8.97. The lowest BCUT2D eigenvalue weighted by molar-refractivity contribution is 0.122. The first-order valence-electron chi connectivity index (χ1n) is 4.30. The van der Waals surface area contributed by atoms with Crippen molar-refractivity contribution in [1.29, 1.82) is 0 Å². The molecule has 1 fully saturated rings. The third-order valence-electron chi connectivity index (χ3n) is 2.09. The summed E-state index contributed by atoms with van der Waals surface area (Å²) < 4.78 is 6.17. The molecule has 4 heteroatoms. The molecule has 1 aliphatic rings. The van der Waals surface area contributed by atoms with Crippen molar-refractivity contribution in [3.63, 3.8) is 0 Å². The van der Waals surface area contributed by atoms with E-state index >= 15 is 0 Å². The molecule has 0 atom stereocenters. The molecule has 2 rings (SSSR count). The van der Waals surface area contributed by atoms with Gasteiger partial charge in [-0.1, -0.05) is 0 Å². The molecule has 0 bridgehead atoms. The number of nitrogens with zero attached hydrogens (tertiary/aromatic N) is 2. The zero-order chi connectivity index (χ0) is 9.10. The highest BCUT2D eigenvalue weighted by Gasteiger charge is 2.10. The van der Waals surface area contributed by atoms with Crippen LogP contribution in [-0.2, 0) is 4.74 Å². The molecule has 70 valence electrons. The van der Waals surface area contributed by atoms with Crippen LogP contribution in [-0.4, -0.2) is 31.3 Å². The minimum atomic E-state index is 0.819. The summed E-state index contributed by atoms with van der Waals surface area (Å²) in [5.74, 6) is 0. The number of hydrogen-bond donors (Lipinski definition) is 0. The van der Waals surface area contributed by atoms with Gasteiger partial charge < -0.3 is 9.64 Å². The van der Waals surface area contributed by atoms with E-state index in [1.165, 1.54) is 5.69 Å². The van der Waals surface area contributed by atoms with E-state index in [9.17, 15) is 0 Å². The molecule has 1 aromatic rings. The number of rotatable bonds is 1. The molecule has 0 N–H and O–H groups in total. The second kappa shape index (κ2) is 4.07. The Morgan fingerprint density at radius 1 is 1.38 bits per heavy atom. The first-order valence-corrected chi connectivity index (χ1v) is 5.10. The van der Waals surface area contributed by atoms with E-state index in [1.54, 1.807) is 0 Å². The van der Waals surface area contributed by atoms with E-state index in [0.717, 1.165) is 30.9 Å². The molecule has 0 saturated carbocycles. The van der Waals surface area contributed by atoms with Crippen LogP contribution in [0.15, 0.2) is 22.9 Å². The maximum atomic E-state index is 5.28. The average molecular weight is 243 g/mol. The van der Waals surface area contributed by atoms with E-state index in [1.807, 2.05) is 18.3 Å². The van der Waals surface area contributed by atoms with E-state index in [2.05, 4.69) is 25.8 Å².